The van der Waals surface area contributed by atoms with Gasteiger partial charge >= 0.3 is 0 Å². The molecule has 0 spiro atoms. The van der Waals surface area contributed by atoms with Gasteiger partial charge in [0.05, 0.1) is 18.2 Å². The fourth-order valence-corrected chi connectivity index (χ4v) is 2.20. The third kappa shape index (κ3) is 5.21. The predicted molar refractivity (Wildman–Crippen MR) is 87.3 cm³/mol. The van der Waals surface area contributed by atoms with E-state index in [1.54, 1.807) is 19.2 Å². The van der Waals surface area contributed by atoms with Crippen LogP contribution in [-0.2, 0) is 0 Å². The number of amides is 1. The number of carbonyl (C=O) groups is 1. The fraction of sp³-hybridized carbons (Fsp3) is 0.533. The highest BCUT2D eigenvalue weighted by Gasteiger charge is 2.15. The Morgan fingerprint density at radius 3 is 2.71 bits per heavy atom. The lowest BCUT2D eigenvalue weighted by Gasteiger charge is -2.15. The van der Waals surface area contributed by atoms with Gasteiger partial charge < -0.3 is 20.1 Å². The summed E-state index contributed by atoms with van der Waals surface area (Å²) < 4.78 is 11.7. The topological polar surface area (TPSA) is 59.6 Å². The van der Waals surface area contributed by atoms with Crippen LogP contribution in [0.2, 0.25) is 0 Å². The second-order valence-corrected chi connectivity index (χ2v) is 5.59. The Balaban J connectivity index is 2.89. The van der Waals surface area contributed by atoms with Crippen LogP contribution in [0.5, 0.6) is 11.5 Å². The van der Waals surface area contributed by atoms with Crippen molar-refractivity contribution in [3.8, 4) is 11.5 Å². The van der Waals surface area contributed by atoms with Crippen molar-refractivity contribution in [3.05, 3.63) is 22.2 Å². The van der Waals surface area contributed by atoms with Crippen molar-refractivity contribution in [2.45, 2.75) is 26.3 Å². The largest absolute Gasteiger partial charge is 0.493 e. The molecule has 0 radical (unpaired) electrons. The van der Waals surface area contributed by atoms with Crippen molar-refractivity contribution in [2.75, 3.05) is 27.3 Å². The van der Waals surface area contributed by atoms with Crippen LogP contribution in [0.3, 0.4) is 0 Å². The number of ether oxygens (including phenoxy) is 2. The summed E-state index contributed by atoms with van der Waals surface area (Å²) in [6, 6.07) is 3.65. The maximum absolute atomic E-state index is 12.2. The summed E-state index contributed by atoms with van der Waals surface area (Å²) in [5, 5.41) is 5.94. The number of carbonyl (C=O) groups excluding carboxylic acids is 1. The van der Waals surface area contributed by atoms with E-state index >= 15 is 0 Å². The zero-order chi connectivity index (χ0) is 15.8. The monoisotopic (exact) mass is 358 g/mol. The van der Waals surface area contributed by atoms with Crippen LogP contribution in [0.4, 0.5) is 0 Å². The third-order valence-electron chi connectivity index (χ3n) is 3.00. The molecule has 1 rings (SSSR count). The summed E-state index contributed by atoms with van der Waals surface area (Å²) in [4.78, 5) is 12.2. The molecule has 1 amide bonds. The Hall–Kier alpha value is -1.27. The quantitative estimate of drug-likeness (QED) is 0.749. The molecule has 1 atom stereocenters. The first-order valence-corrected chi connectivity index (χ1v) is 7.78. The van der Waals surface area contributed by atoms with Gasteiger partial charge in [0.1, 0.15) is 0 Å². The molecule has 0 aliphatic heterocycles. The first-order chi connectivity index (χ1) is 10.0. The lowest BCUT2D eigenvalue weighted by atomic mass is 10.2. The van der Waals surface area contributed by atoms with E-state index in [0.717, 1.165) is 6.42 Å². The molecule has 6 heteroatoms. The molecule has 1 unspecified atom stereocenters. The highest BCUT2D eigenvalue weighted by atomic mass is 79.9. The Bertz CT molecular complexity index is 480. The first kappa shape index (κ1) is 17.8. The van der Waals surface area contributed by atoms with Crippen LogP contribution in [0, 0.1) is 0 Å². The van der Waals surface area contributed by atoms with Crippen LogP contribution < -0.4 is 20.1 Å². The number of rotatable bonds is 8. The van der Waals surface area contributed by atoms with Crippen molar-refractivity contribution in [1.29, 1.82) is 0 Å². The van der Waals surface area contributed by atoms with Crippen molar-refractivity contribution in [3.63, 3.8) is 0 Å². The Labute approximate surface area is 134 Å². The SMILES string of the molecule is CCCOc1c(Br)cc(C(=O)NCC(C)NC)cc1OC. The number of likely N-dealkylation sites (N-methyl/N-ethyl adjacent to an activating group) is 1. The van der Waals surface area contributed by atoms with E-state index in [4.69, 9.17) is 9.47 Å². The third-order valence-corrected chi connectivity index (χ3v) is 3.59. The number of benzene rings is 1. The Morgan fingerprint density at radius 1 is 1.43 bits per heavy atom. The van der Waals surface area contributed by atoms with Crippen LogP contribution in [0.25, 0.3) is 0 Å². The predicted octanol–water partition coefficient (Wildman–Crippen LogP) is 2.58. The zero-order valence-corrected chi connectivity index (χ0v) is 14.5. The summed E-state index contributed by atoms with van der Waals surface area (Å²) >= 11 is 3.43. The lowest BCUT2D eigenvalue weighted by Crippen LogP contribution is -2.37. The number of hydrogen-bond donors (Lipinski definition) is 2. The van der Waals surface area contributed by atoms with Gasteiger partial charge in [-0.1, -0.05) is 6.92 Å². The van der Waals surface area contributed by atoms with Crippen LogP contribution >= 0.6 is 15.9 Å². The number of nitrogens with one attached hydrogen (secondary N) is 2. The van der Waals surface area contributed by atoms with Crippen molar-refractivity contribution in [1.82, 2.24) is 10.6 Å². The summed E-state index contributed by atoms with van der Waals surface area (Å²) in [6.07, 6.45) is 0.903. The minimum absolute atomic E-state index is 0.141. The van der Waals surface area contributed by atoms with Gasteiger partial charge in [-0.2, -0.15) is 0 Å². The van der Waals surface area contributed by atoms with Crippen LogP contribution in [0.1, 0.15) is 30.6 Å². The number of hydrogen-bond acceptors (Lipinski definition) is 4. The summed E-state index contributed by atoms with van der Waals surface area (Å²) in [6.45, 7) is 5.19. The van der Waals surface area contributed by atoms with Crippen molar-refractivity contribution >= 4 is 21.8 Å². The molecule has 0 bridgehead atoms. The normalized spacial score (nSPS) is 11.9. The molecule has 0 saturated carbocycles. The Morgan fingerprint density at radius 2 is 2.14 bits per heavy atom. The van der Waals surface area contributed by atoms with Gasteiger partial charge in [0, 0.05) is 18.2 Å². The molecule has 0 heterocycles. The van der Waals surface area contributed by atoms with Gasteiger partial charge in [0.15, 0.2) is 11.5 Å². The van der Waals surface area contributed by atoms with Gasteiger partial charge in [0.25, 0.3) is 5.91 Å². The number of halogens is 1. The zero-order valence-electron chi connectivity index (χ0n) is 13.0. The molecule has 1 aromatic rings. The highest BCUT2D eigenvalue weighted by molar-refractivity contribution is 9.10. The van der Waals surface area contributed by atoms with Crippen molar-refractivity contribution < 1.29 is 14.3 Å². The number of methoxy groups -OCH3 is 1. The van der Waals surface area contributed by atoms with Crippen LogP contribution in [0.15, 0.2) is 16.6 Å². The summed E-state index contributed by atoms with van der Waals surface area (Å²) in [5.41, 5.74) is 0.533. The highest BCUT2D eigenvalue weighted by Crippen LogP contribution is 2.36. The molecule has 1 aromatic carbocycles. The van der Waals surface area contributed by atoms with E-state index in [2.05, 4.69) is 26.6 Å². The molecule has 2 N–H and O–H groups in total. The van der Waals surface area contributed by atoms with Gasteiger partial charge in [-0.05, 0) is 48.5 Å². The minimum atomic E-state index is -0.141. The van der Waals surface area contributed by atoms with E-state index in [1.807, 2.05) is 20.9 Å². The van der Waals surface area contributed by atoms with E-state index < -0.39 is 0 Å². The summed E-state index contributed by atoms with van der Waals surface area (Å²) in [7, 11) is 3.42. The summed E-state index contributed by atoms with van der Waals surface area (Å²) in [5.74, 6) is 1.03. The molecular weight excluding hydrogens is 336 g/mol. The smallest absolute Gasteiger partial charge is 0.251 e. The molecule has 0 aromatic heterocycles. The van der Waals surface area contributed by atoms with Crippen LogP contribution in [-0.4, -0.2) is 39.3 Å². The molecule has 5 nitrogen and oxygen atoms in total. The fourth-order valence-electron chi connectivity index (χ4n) is 1.65. The maximum atomic E-state index is 12.2. The maximum Gasteiger partial charge on any atom is 0.251 e. The standard InChI is InChI=1S/C15H23BrN2O3/c1-5-6-21-14-12(16)7-11(8-13(14)20-4)15(19)18-9-10(2)17-3/h7-8,10,17H,5-6,9H2,1-4H3,(H,18,19). The molecule has 0 fully saturated rings. The lowest BCUT2D eigenvalue weighted by molar-refractivity contribution is 0.0950. The first-order valence-electron chi connectivity index (χ1n) is 6.99. The van der Waals surface area contributed by atoms with Gasteiger partial charge in [0.2, 0.25) is 0 Å². The van der Waals surface area contributed by atoms with E-state index in [9.17, 15) is 4.79 Å². The van der Waals surface area contributed by atoms with Gasteiger partial charge in [-0.25, -0.2) is 0 Å². The molecule has 118 valence electrons. The second-order valence-electron chi connectivity index (χ2n) is 4.74. The average molecular weight is 359 g/mol. The van der Waals surface area contributed by atoms with E-state index in [0.29, 0.717) is 34.7 Å². The average Bonchev–Trinajstić information content (AvgIpc) is 2.50. The molecule has 21 heavy (non-hydrogen) atoms. The Kier molecular flexibility index (Phi) is 7.53. The van der Waals surface area contributed by atoms with E-state index in [1.165, 1.54) is 0 Å². The van der Waals surface area contributed by atoms with Gasteiger partial charge in [-0.15, -0.1) is 0 Å². The molecule has 0 saturated heterocycles. The molecular formula is C15H23BrN2O3. The molecule has 0 aliphatic carbocycles. The van der Waals surface area contributed by atoms with Crippen molar-refractivity contribution in [2.24, 2.45) is 0 Å². The van der Waals surface area contributed by atoms with E-state index in [-0.39, 0.29) is 11.9 Å². The molecule has 0 aliphatic rings. The van der Waals surface area contributed by atoms with Gasteiger partial charge in [-0.3, -0.25) is 4.79 Å². The minimum Gasteiger partial charge on any atom is -0.493 e. The second kappa shape index (κ2) is 8.89.